The summed E-state index contributed by atoms with van der Waals surface area (Å²) in [5, 5.41) is 15.1. The molecule has 14 heteroatoms. The number of amides is 2. The van der Waals surface area contributed by atoms with Gasteiger partial charge in [0.15, 0.2) is 23.2 Å². The van der Waals surface area contributed by atoms with Crippen molar-refractivity contribution < 1.29 is 46.1 Å². The fraction of sp³-hybridized carbons (Fsp3) is 0.312. The maximum absolute atomic E-state index is 15.1. The van der Waals surface area contributed by atoms with Crippen molar-refractivity contribution in [1.82, 2.24) is 15.3 Å². The summed E-state index contributed by atoms with van der Waals surface area (Å²) in [5.41, 5.74) is 2.34. The van der Waals surface area contributed by atoms with Gasteiger partial charge >= 0.3 is 6.61 Å². The number of hydrogen-bond donors (Lipinski definition) is 3. The Morgan fingerprint density at radius 1 is 1.17 bits per heavy atom. The molecule has 0 spiro atoms. The molecule has 6 rings (SSSR count). The number of aliphatic hydroxyl groups is 1. The van der Waals surface area contributed by atoms with Gasteiger partial charge in [-0.1, -0.05) is 0 Å². The van der Waals surface area contributed by atoms with Crippen molar-refractivity contribution in [2.24, 2.45) is 11.7 Å². The quantitative estimate of drug-likeness (QED) is 0.177. The molecule has 240 valence electrons. The van der Waals surface area contributed by atoms with E-state index in [1.807, 2.05) is 0 Å². The average Bonchev–Trinajstić information content (AvgIpc) is 3.81. The Bertz CT molecular complexity index is 1920. The van der Waals surface area contributed by atoms with E-state index in [1.165, 1.54) is 25.3 Å². The summed E-state index contributed by atoms with van der Waals surface area (Å²) in [7, 11) is 0. The van der Waals surface area contributed by atoms with Crippen molar-refractivity contribution in [2.75, 3.05) is 13.2 Å². The molecule has 2 amide bonds. The van der Waals surface area contributed by atoms with Crippen molar-refractivity contribution in [3.05, 3.63) is 82.4 Å². The van der Waals surface area contributed by atoms with Crippen LogP contribution in [-0.2, 0) is 15.8 Å². The molecule has 2 aromatic heterocycles. The number of primary amides is 1. The third kappa shape index (κ3) is 5.25. The minimum absolute atomic E-state index is 0.0603. The number of carbonyl (C=O) groups excluding carboxylic acids is 2. The Balaban J connectivity index is 1.42. The summed E-state index contributed by atoms with van der Waals surface area (Å²) in [6, 6.07) is 7.22. The predicted octanol–water partition coefficient (Wildman–Crippen LogP) is 4.79. The maximum atomic E-state index is 15.1. The average molecular weight is 643 g/mol. The van der Waals surface area contributed by atoms with E-state index in [0.717, 1.165) is 12.1 Å². The third-order valence-electron chi connectivity index (χ3n) is 8.48. The Hall–Kier alpha value is -4.85. The molecule has 4 aromatic rings. The highest BCUT2D eigenvalue weighted by molar-refractivity contribution is 6.00. The summed E-state index contributed by atoms with van der Waals surface area (Å²) >= 11 is 0. The van der Waals surface area contributed by atoms with Gasteiger partial charge in [-0.15, -0.1) is 0 Å². The largest absolute Gasteiger partial charge is 0.489 e. The molecule has 1 saturated carbocycles. The fourth-order valence-corrected chi connectivity index (χ4v) is 5.67. The molecule has 2 aliphatic rings. The van der Waals surface area contributed by atoms with Crippen LogP contribution in [0.25, 0.3) is 22.2 Å². The van der Waals surface area contributed by atoms with Crippen LogP contribution in [0.2, 0.25) is 0 Å². The van der Waals surface area contributed by atoms with E-state index >= 15 is 4.39 Å². The first-order valence-electron chi connectivity index (χ1n) is 14.2. The van der Waals surface area contributed by atoms with Crippen molar-refractivity contribution in [1.29, 1.82) is 0 Å². The number of benzene rings is 2. The van der Waals surface area contributed by atoms with Gasteiger partial charge in [-0.3, -0.25) is 14.6 Å². The predicted molar refractivity (Wildman–Crippen MR) is 154 cm³/mol. The van der Waals surface area contributed by atoms with E-state index in [9.17, 15) is 32.3 Å². The summed E-state index contributed by atoms with van der Waals surface area (Å²) in [5.74, 6) is -7.17. The van der Waals surface area contributed by atoms with Crippen LogP contribution in [0.1, 0.15) is 46.9 Å². The molecule has 0 saturated heterocycles. The molecule has 2 atom stereocenters. The standard InChI is InChI=1S/C32H27F5N4O5/c1-14-7-15-8-16(9-21(46-30(36)37)25(15)39-11-14)28(42)40-12-32(44,17-3-4-17)22-10-19-27(45-13-31(19,2)29(38)43)26(41-22)18-5-6-20(33)24(35)23(18)34/h5-11,17,30,44H,3-4,12-13H2,1-2H3,(H2,38,43)(H,40,42)/t31-,32+/m0/s1. The van der Waals surface area contributed by atoms with Gasteiger partial charge in [-0.05, 0) is 74.6 Å². The number of aryl methyl sites for hydroxylation is 1. The number of nitrogens with zero attached hydrogens (tertiary/aromatic N) is 2. The number of ether oxygens (including phenoxy) is 2. The lowest BCUT2D eigenvalue weighted by Crippen LogP contribution is -2.44. The van der Waals surface area contributed by atoms with E-state index in [0.29, 0.717) is 29.9 Å². The Morgan fingerprint density at radius 2 is 1.91 bits per heavy atom. The smallest absolute Gasteiger partial charge is 0.387 e. The minimum Gasteiger partial charge on any atom is -0.489 e. The van der Waals surface area contributed by atoms with Crippen LogP contribution >= 0.6 is 0 Å². The third-order valence-corrected chi connectivity index (χ3v) is 8.48. The second-order valence-corrected chi connectivity index (χ2v) is 11.8. The van der Waals surface area contributed by atoms with Gasteiger partial charge in [0.2, 0.25) is 5.91 Å². The molecular formula is C32H27F5N4O5. The Kier molecular flexibility index (Phi) is 7.58. The highest BCUT2D eigenvalue weighted by atomic mass is 19.3. The van der Waals surface area contributed by atoms with Gasteiger partial charge in [-0.2, -0.15) is 8.78 Å². The zero-order valence-corrected chi connectivity index (χ0v) is 24.5. The van der Waals surface area contributed by atoms with Gasteiger partial charge < -0.3 is 25.6 Å². The maximum Gasteiger partial charge on any atom is 0.387 e. The number of halogens is 5. The van der Waals surface area contributed by atoms with Crippen LogP contribution in [0.4, 0.5) is 22.0 Å². The van der Waals surface area contributed by atoms with Crippen molar-refractivity contribution in [2.45, 2.75) is 44.3 Å². The van der Waals surface area contributed by atoms with Gasteiger partial charge in [0.05, 0.1) is 12.2 Å². The second kappa shape index (κ2) is 11.2. The molecule has 2 aromatic carbocycles. The summed E-state index contributed by atoms with van der Waals surface area (Å²) in [4.78, 5) is 34.5. The summed E-state index contributed by atoms with van der Waals surface area (Å²) in [6.45, 7) is -0.686. The lowest BCUT2D eigenvalue weighted by Gasteiger charge is -2.30. The SMILES string of the molecule is Cc1cnc2c(OC(F)F)cc(C(=O)NC[C@](O)(c3cc4c(c(-c5ccc(F)c(F)c5F)n3)OC[C@]4(C)C(N)=O)C3CC3)cc2c1. The first-order chi connectivity index (χ1) is 21.7. The first-order valence-corrected chi connectivity index (χ1v) is 14.2. The number of carbonyl (C=O) groups is 2. The van der Waals surface area contributed by atoms with Crippen LogP contribution in [0, 0.1) is 30.3 Å². The molecule has 4 N–H and O–H groups in total. The molecule has 1 fully saturated rings. The molecule has 9 nitrogen and oxygen atoms in total. The molecule has 1 aliphatic carbocycles. The van der Waals surface area contributed by atoms with E-state index < -0.39 is 64.9 Å². The van der Waals surface area contributed by atoms with Gasteiger partial charge in [-0.25, -0.2) is 18.2 Å². The molecule has 46 heavy (non-hydrogen) atoms. The van der Waals surface area contributed by atoms with Crippen molar-refractivity contribution in [3.8, 4) is 22.8 Å². The van der Waals surface area contributed by atoms with Gasteiger partial charge in [0.25, 0.3) is 5.91 Å². The number of rotatable bonds is 9. The molecular weight excluding hydrogens is 615 g/mol. The first kappa shape index (κ1) is 31.1. The summed E-state index contributed by atoms with van der Waals surface area (Å²) < 4.78 is 79.9. The fourth-order valence-electron chi connectivity index (χ4n) is 5.67. The van der Waals surface area contributed by atoms with E-state index in [1.54, 1.807) is 13.0 Å². The normalized spacial score (nSPS) is 18.6. The zero-order chi connectivity index (χ0) is 33.1. The zero-order valence-electron chi connectivity index (χ0n) is 24.5. The summed E-state index contributed by atoms with van der Waals surface area (Å²) in [6.07, 6.45) is 2.49. The van der Waals surface area contributed by atoms with Crippen LogP contribution in [0.3, 0.4) is 0 Å². The number of hydrogen-bond acceptors (Lipinski definition) is 7. The Labute approximate surface area is 258 Å². The Morgan fingerprint density at radius 3 is 2.59 bits per heavy atom. The van der Waals surface area contributed by atoms with E-state index in [4.69, 9.17) is 10.5 Å². The molecule has 1 aliphatic heterocycles. The number of fused-ring (bicyclic) bond motifs is 2. The highest BCUT2D eigenvalue weighted by Crippen LogP contribution is 2.50. The van der Waals surface area contributed by atoms with Crippen LogP contribution < -0.4 is 20.5 Å². The number of nitrogens with two attached hydrogens (primary N) is 1. The van der Waals surface area contributed by atoms with Crippen molar-refractivity contribution >= 4 is 22.7 Å². The van der Waals surface area contributed by atoms with Crippen LogP contribution in [-0.4, -0.2) is 46.7 Å². The molecule has 3 heterocycles. The lowest BCUT2D eigenvalue weighted by molar-refractivity contribution is -0.123. The van der Waals surface area contributed by atoms with Crippen molar-refractivity contribution in [3.63, 3.8) is 0 Å². The molecule has 0 unspecified atom stereocenters. The molecule has 0 radical (unpaired) electrons. The second-order valence-electron chi connectivity index (χ2n) is 11.8. The monoisotopic (exact) mass is 642 g/mol. The minimum atomic E-state index is -3.18. The van der Waals surface area contributed by atoms with E-state index in [-0.39, 0.29) is 46.1 Å². The van der Waals surface area contributed by atoms with Gasteiger partial charge in [0.1, 0.15) is 34.6 Å². The lowest BCUT2D eigenvalue weighted by atomic mass is 9.81. The van der Waals surface area contributed by atoms with Crippen LogP contribution in [0.15, 0.2) is 42.6 Å². The number of pyridine rings is 2. The number of nitrogens with one attached hydrogen (secondary N) is 1. The van der Waals surface area contributed by atoms with Gasteiger partial charge in [0, 0.05) is 28.3 Å². The molecule has 0 bridgehead atoms. The number of aromatic nitrogens is 2. The highest BCUT2D eigenvalue weighted by Gasteiger charge is 2.50. The topological polar surface area (TPSA) is 137 Å². The van der Waals surface area contributed by atoms with E-state index in [2.05, 4.69) is 20.0 Å². The number of alkyl halides is 2. The van der Waals surface area contributed by atoms with Crippen LogP contribution in [0.5, 0.6) is 11.5 Å².